The summed E-state index contributed by atoms with van der Waals surface area (Å²) in [5, 5.41) is 6.72. The Hall–Kier alpha value is -3.56. The third-order valence-corrected chi connectivity index (χ3v) is 8.00. The van der Waals surface area contributed by atoms with Crippen molar-refractivity contribution in [2.45, 2.75) is 31.6 Å². The Morgan fingerprint density at radius 3 is 2.49 bits per heavy atom. The molecule has 1 atom stereocenters. The lowest BCUT2D eigenvalue weighted by Gasteiger charge is -2.31. The summed E-state index contributed by atoms with van der Waals surface area (Å²) < 4.78 is 33.8. The number of sulfonamides is 1. The number of anilines is 1. The quantitative estimate of drug-likeness (QED) is 0.489. The number of aromatic nitrogens is 1. The summed E-state index contributed by atoms with van der Waals surface area (Å²) in [7, 11) is -3.93. The number of Topliss-reactive ketones (excluding diaryl/α,β-unsaturated/α-hetero) is 1. The smallest absolute Gasteiger partial charge is 0.248 e. The van der Waals surface area contributed by atoms with Crippen LogP contribution in [-0.2, 0) is 14.8 Å². The fourth-order valence-electron chi connectivity index (χ4n) is 4.07. The van der Waals surface area contributed by atoms with Crippen LogP contribution in [0.3, 0.4) is 0 Å². The van der Waals surface area contributed by atoms with Crippen molar-refractivity contribution in [1.82, 2.24) is 9.46 Å². The van der Waals surface area contributed by atoms with Gasteiger partial charge in [-0.1, -0.05) is 41.6 Å². The molecule has 1 aliphatic rings. The molecule has 3 aromatic rings. The number of nitrogens with zero attached hydrogens (tertiary/aromatic N) is 2. The number of amides is 1. The van der Waals surface area contributed by atoms with Gasteiger partial charge in [0.1, 0.15) is 5.69 Å². The fourth-order valence-corrected chi connectivity index (χ4v) is 5.85. The van der Waals surface area contributed by atoms with E-state index in [1.807, 2.05) is 30.3 Å². The van der Waals surface area contributed by atoms with E-state index in [1.165, 1.54) is 11.2 Å². The van der Waals surface area contributed by atoms with E-state index in [2.05, 4.69) is 10.5 Å². The Morgan fingerprint density at radius 1 is 1.09 bits per heavy atom. The van der Waals surface area contributed by atoms with E-state index in [9.17, 15) is 18.0 Å². The third-order valence-electron chi connectivity index (χ3n) is 5.97. The highest BCUT2D eigenvalue weighted by Gasteiger charge is 2.37. The van der Waals surface area contributed by atoms with Gasteiger partial charge in [0.25, 0.3) is 0 Å². The maximum atomic E-state index is 13.6. The van der Waals surface area contributed by atoms with Crippen molar-refractivity contribution in [3.05, 3.63) is 77.2 Å². The minimum absolute atomic E-state index is 0.0190. The van der Waals surface area contributed by atoms with E-state index in [4.69, 9.17) is 4.52 Å². The summed E-state index contributed by atoms with van der Waals surface area (Å²) in [6.45, 7) is 3.44. The van der Waals surface area contributed by atoms with Gasteiger partial charge in [-0.15, -0.1) is 0 Å². The Bertz CT molecular complexity index is 1350. The van der Waals surface area contributed by atoms with Gasteiger partial charge in [-0.3, -0.25) is 9.59 Å². The summed E-state index contributed by atoms with van der Waals surface area (Å²) in [5.41, 5.74) is 2.29. The van der Waals surface area contributed by atoms with Crippen LogP contribution in [0.25, 0.3) is 12.2 Å². The molecule has 1 amide bonds. The van der Waals surface area contributed by atoms with Crippen LogP contribution in [0.1, 0.15) is 47.1 Å². The van der Waals surface area contributed by atoms with E-state index in [0.29, 0.717) is 30.6 Å². The molecule has 0 bridgehead atoms. The molecule has 0 saturated carbocycles. The van der Waals surface area contributed by atoms with Gasteiger partial charge in [-0.2, -0.15) is 4.31 Å². The van der Waals surface area contributed by atoms with Crippen LogP contribution in [0.15, 0.2) is 64.0 Å². The first-order valence-electron chi connectivity index (χ1n) is 11.4. The SMILES string of the molecule is CC(=O)c1ccc(NC(=O)[C@@H]2CCCN(S(=O)(=O)c3c(C)noc3/C=C/c3ccccc3)C2)cc1. The van der Waals surface area contributed by atoms with Gasteiger partial charge in [0, 0.05) is 24.3 Å². The molecule has 0 spiro atoms. The van der Waals surface area contributed by atoms with Crippen LogP contribution in [-0.4, -0.2) is 42.7 Å². The molecule has 9 heteroatoms. The summed E-state index contributed by atoms with van der Waals surface area (Å²) in [6.07, 6.45) is 4.50. The van der Waals surface area contributed by atoms with Gasteiger partial charge in [0.15, 0.2) is 16.4 Å². The minimum Gasteiger partial charge on any atom is -0.355 e. The molecule has 1 fully saturated rings. The second-order valence-corrected chi connectivity index (χ2v) is 10.4. The van der Waals surface area contributed by atoms with Crippen LogP contribution in [0.2, 0.25) is 0 Å². The predicted molar refractivity (Wildman–Crippen MR) is 133 cm³/mol. The molecular formula is C26H27N3O5S. The monoisotopic (exact) mass is 493 g/mol. The maximum absolute atomic E-state index is 13.6. The Labute approximate surface area is 204 Å². The summed E-state index contributed by atoms with van der Waals surface area (Å²) in [5.74, 6) is -0.664. The lowest BCUT2D eigenvalue weighted by molar-refractivity contribution is -0.120. The molecule has 0 unspecified atom stereocenters. The number of carbonyl (C=O) groups is 2. The van der Waals surface area contributed by atoms with Gasteiger partial charge >= 0.3 is 0 Å². The highest BCUT2D eigenvalue weighted by atomic mass is 32.2. The van der Waals surface area contributed by atoms with E-state index in [0.717, 1.165) is 5.56 Å². The molecule has 0 radical (unpaired) electrons. The number of carbonyl (C=O) groups excluding carboxylic acids is 2. The van der Waals surface area contributed by atoms with Crippen LogP contribution >= 0.6 is 0 Å². The van der Waals surface area contributed by atoms with Crippen molar-refractivity contribution >= 4 is 39.6 Å². The summed E-state index contributed by atoms with van der Waals surface area (Å²) in [6, 6.07) is 16.1. The normalized spacial score (nSPS) is 16.9. The summed E-state index contributed by atoms with van der Waals surface area (Å²) in [4.78, 5) is 24.4. The topological polar surface area (TPSA) is 110 Å². The average molecular weight is 494 g/mol. The molecule has 4 rings (SSSR count). The number of rotatable bonds is 7. The van der Waals surface area contributed by atoms with E-state index in [-0.39, 0.29) is 34.6 Å². The van der Waals surface area contributed by atoms with Crippen LogP contribution in [0.4, 0.5) is 5.69 Å². The molecule has 2 aromatic carbocycles. The predicted octanol–water partition coefficient (Wildman–Crippen LogP) is 4.40. The molecule has 182 valence electrons. The molecule has 2 heterocycles. The van der Waals surface area contributed by atoms with Crippen molar-refractivity contribution in [2.75, 3.05) is 18.4 Å². The number of benzene rings is 2. The first-order chi connectivity index (χ1) is 16.8. The van der Waals surface area contributed by atoms with Gasteiger partial charge in [0.05, 0.1) is 5.92 Å². The first kappa shape index (κ1) is 24.6. The maximum Gasteiger partial charge on any atom is 0.248 e. The molecule has 1 aliphatic heterocycles. The zero-order valence-electron chi connectivity index (χ0n) is 19.6. The van der Waals surface area contributed by atoms with Crippen LogP contribution < -0.4 is 5.32 Å². The fraction of sp³-hybridized carbons (Fsp3) is 0.269. The number of nitrogens with one attached hydrogen (secondary N) is 1. The largest absolute Gasteiger partial charge is 0.355 e. The minimum atomic E-state index is -3.93. The molecule has 35 heavy (non-hydrogen) atoms. The number of aryl methyl sites for hydroxylation is 1. The molecule has 0 aliphatic carbocycles. The Morgan fingerprint density at radius 2 is 1.80 bits per heavy atom. The van der Waals surface area contributed by atoms with Crippen molar-refractivity contribution in [3.8, 4) is 0 Å². The lowest BCUT2D eigenvalue weighted by Crippen LogP contribution is -2.43. The van der Waals surface area contributed by atoms with E-state index in [1.54, 1.807) is 43.3 Å². The van der Waals surface area contributed by atoms with Gasteiger partial charge < -0.3 is 9.84 Å². The number of hydrogen-bond acceptors (Lipinski definition) is 6. The zero-order valence-corrected chi connectivity index (χ0v) is 20.4. The van der Waals surface area contributed by atoms with Crippen LogP contribution in [0.5, 0.6) is 0 Å². The molecular weight excluding hydrogens is 466 g/mol. The van der Waals surface area contributed by atoms with Crippen molar-refractivity contribution in [3.63, 3.8) is 0 Å². The van der Waals surface area contributed by atoms with Crippen molar-refractivity contribution in [2.24, 2.45) is 5.92 Å². The second kappa shape index (κ2) is 10.4. The Kier molecular flexibility index (Phi) is 7.28. The molecule has 1 saturated heterocycles. The molecule has 8 nitrogen and oxygen atoms in total. The van der Waals surface area contributed by atoms with Crippen molar-refractivity contribution in [1.29, 1.82) is 0 Å². The highest BCUT2D eigenvalue weighted by molar-refractivity contribution is 7.89. The summed E-state index contributed by atoms with van der Waals surface area (Å²) >= 11 is 0. The number of piperidine rings is 1. The molecule has 1 N–H and O–H groups in total. The number of ketones is 1. The van der Waals surface area contributed by atoms with Crippen LogP contribution in [0, 0.1) is 12.8 Å². The van der Waals surface area contributed by atoms with Crippen molar-refractivity contribution < 1.29 is 22.5 Å². The molecule has 1 aromatic heterocycles. The van der Waals surface area contributed by atoms with Gasteiger partial charge in [-0.25, -0.2) is 8.42 Å². The lowest BCUT2D eigenvalue weighted by atomic mass is 9.98. The van der Waals surface area contributed by atoms with E-state index >= 15 is 0 Å². The standard InChI is InChI=1S/C26H27N3O5S/c1-18-25(24(34-28-18)15-10-20-7-4-3-5-8-20)35(32,33)29-16-6-9-22(17-29)26(31)27-23-13-11-21(12-14-23)19(2)30/h3-5,7-8,10-15,22H,6,9,16-17H2,1-2H3,(H,27,31)/b15-10+/t22-/m1/s1. The third kappa shape index (κ3) is 5.58. The Balaban J connectivity index is 1.50. The second-order valence-electron chi connectivity index (χ2n) is 8.53. The average Bonchev–Trinajstić information content (AvgIpc) is 3.25. The zero-order chi connectivity index (χ0) is 25.0. The van der Waals surface area contributed by atoms with Gasteiger partial charge in [-0.05, 0) is 62.6 Å². The highest BCUT2D eigenvalue weighted by Crippen LogP contribution is 2.29. The number of hydrogen-bond donors (Lipinski definition) is 1. The van der Waals surface area contributed by atoms with Gasteiger partial charge in [0.2, 0.25) is 15.9 Å². The first-order valence-corrected chi connectivity index (χ1v) is 12.8. The van der Waals surface area contributed by atoms with E-state index < -0.39 is 15.9 Å².